The molecule has 2 rings (SSSR count). The SMILES string of the molecule is OCC#Cc1cc(F)cc(CN2CCCCC2CCO)c1. The van der Waals surface area contributed by atoms with Crippen LogP contribution in [0.3, 0.4) is 0 Å². The highest BCUT2D eigenvalue weighted by molar-refractivity contribution is 5.37. The van der Waals surface area contributed by atoms with E-state index in [2.05, 4.69) is 16.7 Å². The molecule has 1 atom stereocenters. The zero-order chi connectivity index (χ0) is 15.1. The largest absolute Gasteiger partial charge is 0.396 e. The van der Waals surface area contributed by atoms with Crippen LogP contribution in [0, 0.1) is 17.7 Å². The molecule has 1 aliphatic rings. The first-order chi connectivity index (χ1) is 10.2. The molecule has 21 heavy (non-hydrogen) atoms. The Morgan fingerprint density at radius 1 is 1.24 bits per heavy atom. The van der Waals surface area contributed by atoms with E-state index in [1.54, 1.807) is 0 Å². The van der Waals surface area contributed by atoms with Gasteiger partial charge in [-0.1, -0.05) is 18.3 Å². The Morgan fingerprint density at radius 2 is 2.10 bits per heavy atom. The van der Waals surface area contributed by atoms with E-state index in [-0.39, 0.29) is 19.0 Å². The van der Waals surface area contributed by atoms with Gasteiger partial charge in [-0.05, 0) is 49.6 Å². The second kappa shape index (κ2) is 8.14. The number of aliphatic hydroxyl groups is 2. The third-order valence-electron chi connectivity index (χ3n) is 3.87. The van der Waals surface area contributed by atoms with Crippen molar-refractivity contribution in [1.82, 2.24) is 4.90 Å². The highest BCUT2D eigenvalue weighted by Crippen LogP contribution is 2.22. The van der Waals surface area contributed by atoms with E-state index in [9.17, 15) is 4.39 Å². The normalized spacial score (nSPS) is 19.1. The van der Waals surface area contributed by atoms with E-state index in [0.717, 1.165) is 31.4 Å². The zero-order valence-electron chi connectivity index (χ0n) is 12.2. The second-order valence-electron chi connectivity index (χ2n) is 5.44. The number of nitrogens with zero attached hydrogens (tertiary/aromatic N) is 1. The first kappa shape index (κ1) is 16.0. The summed E-state index contributed by atoms with van der Waals surface area (Å²) in [5.41, 5.74) is 1.48. The molecule has 0 aliphatic carbocycles. The summed E-state index contributed by atoms with van der Waals surface area (Å²) in [5.74, 6) is 4.99. The van der Waals surface area contributed by atoms with E-state index in [1.165, 1.54) is 18.6 Å². The average molecular weight is 291 g/mol. The molecule has 0 amide bonds. The Labute approximate surface area is 125 Å². The lowest BCUT2D eigenvalue weighted by molar-refractivity contribution is 0.112. The van der Waals surface area contributed by atoms with E-state index >= 15 is 0 Å². The van der Waals surface area contributed by atoms with Gasteiger partial charge in [0, 0.05) is 24.8 Å². The van der Waals surface area contributed by atoms with Crippen molar-refractivity contribution in [2.75, 3.05) is 19.8 Å². The van der Waals surface area contributed by atoms with Crippen LogP contribution in [-0.4, -0.2) is 40.9 Å². The van der Waals surface area contributed by atoms with Crippen molar-refractivity contribution in [1.29, 1.82) is 0 Å². The van der Waals surface area contributed by atoms with Gasteiger partial charge in [-0.3, -0.25) is 4.90 Å². The first-order valence-corrected chi connectivity index (χ1v) is 7.47. The molecule has 0 saturated carbocycles. The number of likely N-dealkylation sites (tertiary alicyclic amines) is 1. The minimum Gasteiger partial charge on any atom is -0.396 e. The minimum absolute atomic E-state index is 0.192. The topological polar surface area (TPSA) is 43.7 Å². The molecule has 1 aromatic carbocycles. The average Bonchev–Trinajstić information content (AvgIpc) is 2.47. The standard InChI is InChI=1S/C17H22FNO2/c18-16-11-14(4-3-8-20)10-15(12-16)13-19-7-2-1-5-17(19)6-9-21/h10-12,17,20-21H,1-2,5-9,13H2. The third kappa shape index (κ3) is 4.82. The molecule has 1 fully saturated rings. The van der Waals surface area contributed by atoms with E-state index < -0.39 is 0 Å². The van der Waals surface area contributed by atoms with Crippen LogP contribution in [0.1, 0.15) is 36.8 Å². The van der Waals surface area contributed by atoms with E-state index in [1.807, 2.05) is 6.07 Å². The van der Waals surface area contributed by atoms with E-state index in [4.69, 9.17) is 10.2 Å². The van der Waals surface area contributed by atoms with Crippen LogP contribution in [0.5, 0.6) is 0 Å². The molecule has 1 heterocycles. The molecular weight excluding hydrogens is 269 g/mol. The summed E-state index contributed by atoms with van der Waals surface area (Å²) in [7, 11) is 0. The van der Waals surface area contributed by atoms with Crippen LogP contribution in [-0.2, 0) is 6.54 Å². The quantitative estimate of drug-likeness (QED) is 0.833. The third-order valence-corrected chi connectivity index (χ3v) is 3.87. The monoisotopic (exact) mass is 291 g/mol. The maximum atomic E-state index is 13.7. The lowest BCUT2D eigenvalue weighted by Crippen LogP contribution is -2.39. The van der Waals surface area contributed by atoms with Crippen LogP contribution in [0.15, 0.2) is 18.2 Å². The van der Waals surface area contributed by atoms with Crippen LogP contribution in [0.2, 0.25) is 0 Å². The molecule has 1 unspecified atom stereocenters. The smallest absolute Gasteiger partial charge is 0.124 e. The molecule has 1 saturated heterocycles. The molecule has 0 radical (unpaired) electrons. The van der Waals surface area contributed by atoms with Gasteiger partial charge >= 0.3 is 0 Å². The van der Waals surface area contributed by atoms with Crippen molar-refractivity contribution in [2.45, 2.75) is 38.3 Å². The molecule has 0 spiro atoms. The van der Waals surface area contributed by atoms with Gasteiger partial charge in [0.05, 0.1) is 0 Å². The molecule has 1 aliphatic heterocycles. The Balaban J connectivity index is 2.11. The molecule has 3 nitrogen and oxygen atoms in total. The summed E-state index contributed by atoms with van der Waals surface area (Å²) in [5, 5.41) is 17.9. The molecule has 1 aromatic rings. The van der Waals surface area contributed by atoms with Crippen molar-refractivity contribution in [3.05, 3.63) is 35.1 Å². The van der Waals surface area contributed by atoms with Crippen molar-refractivity contribution >= 4 is 0 Å². The molecule has 4 heteroatoms. The van der Waals surface area contributed by atoms with E-state index in [0.29, 0.717) is 18.2 Å². The summed E-state index contributed by atoms with van der Waals surface area (Å²) in [6.07, 6.45) is 4.20. The lowest BCUT2D eigenvalue weighted by Gasteiger charge is -2.35. The van der Waals surface area contributed by atoms with Crippen LogP contribution in [0.4, 0.5) is 4.39 Å². The number of rotatable bonds is 4. The predicted molar refractivity (Wildman–Crippen MR) is 80.1 cm³/mol. The van der Waals surface area contributed by atoms with Gasteiger partial charge in [-0.25, -0.2) is 4.39 Å². The van der Waals surface area contributed by atoms with Gasteiger partial charge in [0.25, 0.3) is 0 Å². The summed E-state index contributed by atoms with van der Waals surface area (Å²) in [4.78, 5) is 2.32. The van der Waals surface area contributed by atoms with Gasteiger partial charge in [-0.15, -0.1) is 0 Å². The molecule has 0 aromatic heterocycles. The Kier molecular flexibility index (Phi) is 6.19. The molecular formula is C17H22FNO2. The number of hydrogen-bond acceptors (Lipinski definition) is 3. The second-order valence-corrected chi connectivity index (χ2v) is 5.44. The summed E-state index contributed by atoms with van der Waals surface area (Å²) in [6, 6.07) is 5.16. The minimum atomic E-state index is -0.301. The van der Waals surface area contributed by atoms with Crippen molar-refractivity contribution in [3.63, 3.8) is 0 Å². The molecule has 0 bridgehead atoms. The van der Waals surface area contributed by atoms with Crippen LogP contribution in [0.25, 0.3) is 0 Å². The molecule has 2 N–H and O–H groups in total. The van der Waals surface area contributed by atoms with Crippen LogP contribution >= 0.6 is 0 Å². The fourth-order valence-electron chi connectivity index (χ4n) is 2.93. The predicted octanol–water partition coefficient (Wildman–Crippen LogP) is 1.91. The van der Waals surface area contributed by atoms with Crippen molar-refractivity contribution in [3.8, 4) is 11.8 Å². The van der Waals surface area contributed by atoms with Gasteiger partial charge < -0.3 is 10.2 Å². The summed E-state index contributed by atoms with van der Waals surface area (Å²) >= 11 is 0. The molecule has 114 valence electrons. The number of hydrogen-bond donors (Lipinski definition) is 2. The first-order valence-electron chi connectivity index (χ1n) is 7.47. The van der Waals surface area contributed by atoms with Crippen LogP contribution < -0.4 is 0 Å². The Hall–Kier alpha value is -1.41. The van der Waals surface area contributed by atoms with Crippen molar-refractivity contribution < 1.29 is 14.6 Å². The number of halogens is 1. The van der Waals surface area contributed by atoms with Crippen molar-refractivity contribution in [2.24, 2.45) is 0 Å². The highest BCUT2D eigenvalue weighted by atomic mass is 19.1. The van der Waals surface area contributed by atoms with Gasteiger partial charge in [-0.2, -0.15) is 0 Å². The number of piperidine rings is 1. The zero-order valence-corrected chi connectivity index (χ0v) is 12.2. The van der Waals surface area contributed by atoms with Gasteiger partial charge in [0.1, 0.15) is 12.4 Å². The highest BCUT2D eigenvalue weighted by Gasteiger charge is 2.22. The summed E-state index contributed by atoms with van der Waals surface area (Å²) < 4.78 is 13.7. The number of aliphatic hydroxyl groups excluding tert-OH is 2. The maximum Gasteiger partial charge on any atom is 0.124 e. The Bertz CT molecular complexity index is 519. The Morgan fingerprint density at radius 3 is 2.86 bits per heavy atom. The maximum absolute atomic E-state index is 13.7. The number of benzene rings is 1. The van der Waals surface area contributed by atoms with Gasteiger partial charge in [0.2, 0.25) is 0 Å². The lowest BCUT2D eigenvalue weighted by atomic mass is 9.98. The fourth-order valence-corrected chi connectivity index (χ4v) is 2.93. The summed E-state index contributed by atoms with van der Waals surface area (Å²) in [6.45, 7) is 1.63. The van der Waals surface area contributed by atoms with Gasteiger partial charge in [0.15, 0.2) is 0 Å². The fraction of sp³-hybridized carbons (Fsp3) is 0.529.